The van der Waals surface area contributed by atoms with Crippen molar-refractivity contribution in [2.75, 3.05) is 19.8 Å². The Kier molecular flexibility index (Phi) is 12.8. The normalized spacial score (nSPS) is 16.1. The highest BCUT2D eigenvalue weighted by molar-refractivity contribution is 14.0. The summed E-state index contributed by atoms with van der Waals surface area (Å²) < 4.78 is 5.68. The summed E-state index contributed by atoms with van der Waals surface area (Å²) in [6, 6.07) is 11.0. The molecule has 142 valence electrons. The summed E-state index contributed by atoms with van der Waals surface area (Å²) in [4.78, 5) is 4.44. The monoisotopic (exact) mass is 459 g/mol. The Labute approximate surface area is 170 Å². The molecule has 3 N–H and O–H groups in total. The fourth-order valence-corrected chi connectivity index (χ4v) is 3.13. The number of hydrogen-bond donors (Lipinski definition) is 2. The minimum absolute atomic E-state index is 0. The fraction of sp³-hybridized carbons (Fsp3) is 0.650. The van der Waals surface area contributed by atoms with Crippen molar-refractivity contribution in [1.82, 2.24) is 5.32 Å². The first-order chi connectivity index (χ1) is 11.8. The second-order valence-electron chi connectivity index (χ2n) is 6.65. The highest BCUT2D eigenvalue weighted by Gasteiger charge is 2.11. The first-order valence-electron chi connectivity index (χ1n) is 9.53. The second-order valence-corrected chi connectivity index (χ2v) is 6.65. The Bertz CT molecular complexity index is 459. The summed E-state index contributed by atoms with van der Waals surface area (Å²) in [6.07, 6.45) is 10.8. The predicted octanol–water partition coefficient (Wildman–Crippen LogP) is 4.27. The average Bonchev–Trinajstić information content (AvgIpc) is 2.87. The zero-order valence-corrected chi connectivity index (χ0v) is 17.6. The van der Waals surface area contributed by atoms with Crippen molar-refractivity contribution in [2.45, 2.75) is 63.8 Å². The molecule has 1 fully saturated rings. The standard InChI is InChI=1S/C20H33N3O.HI/c21-20(23-19-12-6-1-2-7-13-19)22-15-8-9-16-24-17-14-18-10-4-3-5-11-18;/h3-5,10-11,19H,1-2,6-9,12-17H2,(H3,21,22,23);1H. The number of nitrogens with two attached hydrogens (primary N) is 1. The van der Waals surface area contributed by atoms with E-state index in [9.17, 15) is 0 Å². The fourth-order valence-electron chi connectivity index (χ4n) is 3.13. The number of guanidine groups is 1. The van der Waals surface area contributed by atoms with Crippen molar-refractivity contribution in [3.05, 3.63) is 35.9 Å². The van der Waals surface area contributed by atoms with E-state index >= 15 is 0 Å². The van der Waals surface area contributed by atoms with Gasteiger partial charge in [0.25, 0.3) is 0 Å². The molecule has 2 rings (SSSR count). The van der Waals surface area contributed by atoms with E-state index < -0.39 is 0 Å². The Morgan fingerprint density at radius 3 is 2.48 bits per heavy atom. The lowest BCUT2D eigenvalue weighted by Gasteiger charge is -2.16. The number of unbranched alkanes of at least 4 members (excludes halogenated alkanes) is 1. The van der Waals surface area contributed by atoms with Crippen LogP contribution in [0.5, 0.6) is 0 Å². The number of ether oxygens (including phenoxy) is 1. The number of nitrogens with zero attached hydrogens (tertiary/aromatic N) is 1. The molecule has 1 aromatic carbocycles. The highest BCUT2D eigenvalue weighted by atomic mass is 127. The lowest BCUT2D eigenvalue weighted by Crippen LogP contribution is -2.39. The summed E-state index contributed by atoms with van der Waals surface area (Å²) in [6.45, 7) is 2.38. The van der Waals surface area contributed by atoms with Gasteiger partial charge < -0.3 is 15.8 Å². The van der Waals surface area contributed by atoms with E-state index in [4.69, 9.17) is 10.5 Å². The topological polar surface area (TPSA) is 59.6 Å². The van der Waals surface area contributed by atoms with Crippen molar-refractivity contribution in [3.63, 3.8) is 0 Å². The molecule has 1 aromatic rings. The van der Waals surface area contributed by atoms with E-state index in [-0.39, 0.29) is 24.0 Å². The molecule has 0 atom stereocenters. The van der Waals surface area contributed by atoms with Crippen molar-refractivity contribution in [2.24, 2.45) is 10.7 Å². The Morgan fingerprint density at radius 2 is 1.76 bits per heavy atom. The quantitative estimate of drug-likeness (QED) is 0.191. The van der Waals surface area contributed by atoms with Gasteiger partial charge in [0, 0.05) is 19.2 Å². The molecule has 0 heterocycles. The van der Waals surface area contributed by atoms with Crippen LogP contribution < -0.4 is 11.1 Å². The minimum Gasteiger partial charge on any atom is -0.381 e. The van der Waals surface area contributed by atoms with Gasteiger partial charge in [-0.25, -0.2) is 0 Å². The third kappa shape index (κ3) is 10.7. The summed E-state index contributed by atoms with van der Waals surface area (Å²) >= 11 is 0. The third-order valence-electron chi connectivity index (χ3n) is 4.56. The number of benzene rings is 1. The van der Waals surface area contributed by atoms with E-state index in [1.165, 1.54) is 44.1 Å². The zero-order chi connectivity index (χ0) is 16.9. The average molecular weight is 459 g/mol. The van der Waals surface area contributed by atoms with Crippen molar-refractivity contribution in [3.8, 4) is 0 Å². The van der Waals surface area contributed by atoms with Crippen LogP contribution in [-0.4, -0.2) is 31.8 Å². The van der Waals surface area contributed by atoms with Crippen LogP contribution in [0, 0.1) is 0 Å². The molecule has 5 heteroatoms. The van der Waals surface area contributed by atoms with Crippen LogP contribution in [0.2, 0.25) is 0 Å². The first kappa shape index (κ1) is 22.2. The smallest absolute Gasteiger partial charge is 0.188 e. The molecule has 1 aliphatic carbocycles. The van der Waals surface area contributed by atoms with Crippen molar-refractivity contribution < 1.29 is 4.74 Å². The van der Waals surface area contributed by atoms with Crippen LogP contribution in [0.15, 0.2) is 35.3 Å². The van der Waals surface area contributed by atoms with E-state index in [0.717, 1.165) is 39.0 Å². The minimum atomic E-state index is 0. The van der Waals surface area contributed by atoms with Gasteiger partial charge in [0.05, 0.1) is 6.61 Å². The maximum Gasteiger partial charge on any atom is 0.188 e. The third-order valence-corrected chi connectivity index (χ3v) is 4.56. The largest absolute Gasteiger partial charge is 0.381 e. The molecule has 0 spiro atoms. The number of rotatable bonds is 9. The summed E-state index contributed by atoms with van der Waals surface area (Å²) in [7, 11) is 0. The Balaban J connectivity index is 0.00000312. The molecule has 0 unspecified atom stereocenters. The van der Waals surface area contributed by atoms with E-state index in [1.54, 1.807) is 0 Å². The lowest BCUT2D eigenvalue weighted by atomic mass is 10.1. The van der Waals surface area contributed by atoms with Gasteiger partial charge in [0.2, 0.25) is 0 Å². The van der Waals surface area contributed by atoms with Crippen molar-refractivity contribution >= 4 is 29.9 Å². The summed E-state index contributed by atoms with van der Waals surface area (Å²) in [5.74, 6) is 0.617. The molecule has 4 nitrogen and oxygen atoms in total. The number of nitrogens with one attached hydrogen (secondary N) is 1. The first-order valence-corrected chi connectivity index (χ1v) is 9.53. The van der Waals surface area contributed by atoms with Gasteiger partial charge in [-0.1, -0.05) is 56.0 Å². The van der Waals surface area contributed by atoms with E-state index in [1.807, 2.05) is 6.07 Å². The molecule has 0 aliphatic heterocycles. The number of aliphatic imine (C=N–C) groups is 1. The van der Waals surface area contributed by atoms with Crippen LogP contribution in [0.25, 0.3) is 0 Å². The number of halogens is 1. The van der Waals surface area contributed by atoms with Gasteiger partial charge in [0.15, 0.2) is 5.96 Å². The Morgan fingerprint density at radius 1 is 1.04 bits per heavy atom. The molecular formula is C20H34IN3O. The summed E-state index contributed by atoms with van der Waals surface area (Å²) in [5.41, 5.74) is 7.32. The van der Waals surface area contributed by atoms with Crippen LogP contribution in [0.1, 0.15) is 56.9 Å². The van der Waals surface area contributed by atoms with Gasteiger partial charge >= 0.3 is 0 Å². The molecule has 0 radical (unpaired) electrons. The molecule has 1 saturated carbocycles. The lowest BCUT2D eigenvalue weighted by molar-refractivity contribution is 0.134. The molecule has 0 aromatic heterocycles. The highest BCUT2D eigenvalue weighted by Crippen LogP contribution is 2.16. The van der Waals surface area contributed by atoms with Crippen LogP contribution in [0.4, 0.5) is 0 Å². The van der Waals surface area contributed by atoms with Gasteiger partial charge in [-0.2, -0.15) is 0 Å². The molecule has 0 saturated heterocycles. The molecular weight excluding hydrogens is 425 g/mol. The van der Waals surface area contributed by atoms with Gasteiger partial charge in [-0.15, -0.1) is 24.0 Å². The molecule has 0 amide bonds. The van der Waals surface area contributed by atoms with Crippen molar-refractivity contribution in [1.29, 1.82) is 0 Å². The maximum atomic E-state index is 5.99. The molecule has 0 bridgehead atoms. The maximum absolute atomic E-state index is 5.99. The SMILES string of the molecule is I.NC(=NCCCCOCCc1ccccc1)NC1CCCCCC1. The zero-order valence-electron chi connectivity index (χ0n) is 15.3. The molecule has 1 aliphatic rings. The predicted molar refractivity (Wildman–Crippen MR) is 117 cm³/mol. The van der Waals surface area contributed by atoms with Crippen LogP contribution in [0.3, 0.4) is 0 Å². The number of hydrogen-bond acceptors (Lipinski definition) is 2. The van der Waals surface area contributed by atoms with Gasteiger partial charge in [-0.05, 0) is 37.7 Å². The van der Waals surface area contributed by atoms with E-state index in [0.29, 0.717) is 12.0 Å². The molecule has 25 heavy (non-hydrogen) atoms. The van der Waals surface area contributed by atoms with E-state index in [2.05, 4.69) is 34.6 Å². The van der Waals surface area contributed by atoms with Gasteiger partial charge in [-0.3, -0.25) is 4.99 Å². The second kappa shape index (κ2) is 14.4. The van der Waals surface area contributed by atoms with Crippen LogP contribution >= 0.6 is 24.0 Å². The summed E-state index contributed by atoms with van der Waals surface area (Å²) in [5, 5.41) is 3.38. The van der Waals surface area contributed by atoms with Crippen LogP contribution in [-0.2, 0) is 11.2 Å². The Hall–Kier alpha value is -0.820. The van der Waals surface area contributed by atoms with Gasteiger partial charge in [0.1, 0.15) is 0 Å².